The smallest absolute Gasteiger partial charge is 1.00 e. The molecule has 10 nitrogen and oxygen atoms in total. The quantitative estimate of drug-likeness (QED) is 0.0766. The van der Waals surface area contributed by atoms with Crippen LogP contribution in [0.5, 0.6) is 0 Å². The SMILES string of the molecule is C1COCCN1.Cc1cc(Br)cc2c(=O)[nH]c(-c3cc(-c4ccccc4)cc(C(F)(F)F)c3)nc12.Cc1cc(N2CCOCC2)cc2c(=O)[nH]c(-c3cc(-c4ccccc4)cc(C(F)(F)F)c3)nc12.[2H]CS.[H-].[Li+]. The number of rotatable bonds is 5. The summed E-state index contributed by atoms with van der Waals surface area (Å²) in [6, 6.07) is 32.2. The maximum Gasteiger partial charge on any atom is 1.00 e. The van der Waals surface area contributed by atoms with Crippen molar-refractivity contribution < 1.29 is 57.5 Å². The van der Waals surface area contributed by atoms with Crippen molar-refractivity contribution in [1.29, 1.82) is 0 Å². The van der Waals surface area contributed by atoms with E-state index in [1.54, 1.807) is 97.9 Å². The summed E-state index contributed by atoms with van der Waals surface area (Å²) in [6.07, 6.45) is -8.88. The Balaban J connectivity index is 0.000000231. The minimum absolute atomic E-state index is 0. The number of anilines is 1. The number of benzene rings is 6. The molecule has 6 aromatic carbocycles. The molecule has 19 heteroatoms. The summed E-state index contributed by atoms with van der Waals surface area (Å²) in [6.45, 7) is 10.2. The van der Waals surface area contributed by atoms with Gasteiger partial charge in [-0.2, -0.15) is 39.0 Å². The van der Waals surface area contributed by atoms with E-state index in [2.05, 4.69) is 58.7 Å². The topological polar surface area (TPSA) is 125 Å². The zero-order chi connectivity index (χ0) is 51.6. The molecule has 10 rings (SSSR count). The van der Waals surface area contributed by atoms with Gasteiger partial charge in [0, 0.05) is 48.8 Å². The molecule has 72 heavy (non-hydrogen) atoms. The van der Waals surface area contributed by atoms with Crippen molar-refractivity contribution in [3.63, 3.8) is 0 Å². The molecule has 0 aliphatic carbocycles. The molecule has 0 unspecified atom stereocenters. The maximum atomic E-state index is 13.7. The number of H-pyrrole nitrogens is 2. The van der Waals surface area contributed by atoms with Gasteiger partial charge < -0.3 is 31.1 Å². The minimum Gasteiger partial charge on any atom is -1.00 e. The van der Waals surface area contributed by atoms with Gasteiger partial charge in [0.1, 0.15) is 11.6 Å². The summed E-state index contributed by atoms with van der Waals surface area (Å²) in [4.78, 5) is 42.1. The van der Waals surface area contributed by atoms with Crippen LogP contribution >= 0.6 is 28.6 Å². The minimum atomic E-state index is -4.54. The summed E-state index contributed by atoms with van der Waals surface area (Å²) in [5.41, 5.74) is 3.41. The van der Waals surface area contributed by atoms with Crippen LogP contribution in [0.1, 0.15) is 25.1 Å². The first kappa shape index (κ1) is 54.1. The van der Waals surface area contributed by atoms with Crippen LogP contribution in [0, 0.1) is 13.8 Å². The number of fused-ring (bicyclic) bond motifs is 2. The summed E-state index contributed by atoms with van der Waals surface area (Å²) < 4.78 is 98.9. The van der Waals surface area contributed by atoms with Gasteiger partial charge >= 0.3 is 31.2 Å². The molecule has 0 spiro atoms. The zero-order valence-electron chi connectivity index (χ0n) is 41.5. The number of thiol groups is 1. The van der Waals surface area contributed by atoms with Crippen LogP contribution < -0.4 is 40.2 Å². The first-order valence-electron chi connectivity index (χ1n) is 23.0. The summed E-state index contributed by atoms with van der Waals surface area (Å²) in [5, 5.41) is 3.93. The Morgan fingerprint density at radius 1 is 0.611 bits per heavy atom. The number of alkyl halides is 6. The molecule has 0 saturated carbocycles. The molecule has 2 aliphatic rings. The molecule has 8 aromatic rings. The van der Waals surface area contributed by atoms with Crippen molar-refractivity contribution in [3.8, 4) is 45.0 Å². The molecule has 2 aliphatic heterocycles. The van der Waals surface area contributed by atoms with Gasteiger partial charge in [0.2, 0.25) is 0 Å². The van der Waals surface area contributed by atoms with Crippen molar-refractivity contribution in [2.75, 3.05) is 63.7 Å². The van der Waals surface area contributed by atoms with Gasteiger partial charge in [0.25, 0.3) is 11.1 Å². The molecule has 0 atom stereocenters. The van der Waals surface area contributed by atoms with Gasteiger partial charge in [-0.1, -0.05) is 76.6 Å². The summed E-state index contributed by atoms with van der Waals surface area (Å²) in [5.74, 6) is 0.194. The van der Waals surface area contributed by atoms with Gasteiger partial charge in [-0.25, -0.2) is 9.97 Å². The largest absolute Gasteiger partial charge is 1.00 e. The summed E-state index contributed by atoms with van der Waals surface area (Å²) >= 11 is 6.80. The Kier molecular flexibility index (Phi) is 18.6. The van der Waals surface area contributed by atoms with Crippen LogP contribution in [0.15, 0.2) is 135 Å². The van der Waals surface area contributed by atoms with Crippen LogP contribution in [0.4, 0.5) is 32.0 Å². The number of nitrogens with one attached hydrogen (secondary N) is 3. The Bertz CT molecular complexity index is 3260. The molecule has 0 amide bonds. The van der Waals surface area contributed by atoms with Crippen LogP contribution in [-0.4, -0.2) is 78.8 Å². The second-order valence-corrected chi connectivity index (χ2v) is 17.3. The molecule has 372 valence electrons. The Labute approximate surface area is 440 Å². The number of aryl methyl sites for hydroxylation is 2. The predicted octanol–water partition coefficient (Wildman–Crippen LogP) is 9.04. The molecule has 2 aromatic heterocycles. The van der Waals surface area contributed by atoms with Crippen molar-refractivity contribution in [3.05, 3.63) is 169 Å². The Hall–Kier alpha value is -5.71. The van der Waals surface area contributed by atoms with Gasteiger partial charge in [-0.05, 0) is 114 Å². The van der Waals surface area contributed by atoms with Gasteiger partial charge in [0.15, 0.2) is 0 Å². The molecule has 3 N–H and O–H groups in total. The van der Waals surface area contributed by atoms with Crippen molar-refractivity contribution >= 4 is 56.1 Å². The normalized spacial score (nSPS) is 13.9. The summed E-state index contributed by atoms with van der Waals surface area (Å²) in [7, 11) is 0. The fourth-order valence-corrected chi connectivity index (χ4v) is 8.58. The van der Waals surface area contributed by atoms with Gasteiger partial charge in [0.05, 0.1) is 59.4 Å². The number of hydrogen-bond acceptors (Lipinski definition) is 9. The Morgan fingerprint density at radius 3 is 1.44 bits per heavy atom. The van der Waals surface area contributed by atoms with E-state index >= 15 is 0 Å². The second-order valence-electron chi connectivity index (χ2n) is 16.4. The molecule has 2 saturated heterocycles. The number of halogens is 7. The van der Waals surface area contributed by atoms with Gasteiger partial charge in [-0.3, -0.25) is 9.59 Å². The molecular weight excluding hydrogens is 1020 g/mol. The van der Waals surface area contributed by atoms with Crippen LogP contribution in [-0.2, 0) is 21.8 Å². The van der Waals surface area contributed by atoms with E-state index in [1.165, 1.54) is 0 Å². The van der Waals surface area contributed by atoms with Crippen molar-refractivity contribution in [2.45, 2.75) is 26.2 Å². The average molecular weight is 1070 g/mol. The molecule has 0 radical (unpaired) electrons. The fourth-order valence-electron chi connectivity index (χ4n) is 8.01. The molecular formula is C53H50BrF6LiN6O4S. The Morgan fingerprint density at radius 2 is 1.03 bits per heavy atom. The van der Waals surface area contributed by atoms with E-state index in [0.717, 1.165) is 84.9 Å². The fraction of sp³-hybridized carbons (Fsp3) is 0.245. The van der Waals surface area contributed by atoms with Gasteiger partial charge in [-0.15, -0.1) is 0 Å². The number of nitrogens with zero attached hydrogens (tertiary/aromatic N) is 3. The van der Waals surface area contributed by atoms with Crippen LogP contribution in [0.2, 0.25) is 0 Å². The van der Waals surface area contributed by atoms with Crippen molar-refractivity contribution in [1.82, 2.24) is 25.3 Å². The number of hydrogen-bond donors (Lipinski definition) is 4. The molecule has 2 fully saturated rings. The number of ether oxygens (including phenoxy) is 2. The van der Waals surface area contributed by atoms with E-state index in [4.69, 9.17) is 10.8 Å². The molecule has 0 bridgehead atoms. The van der Waals surface area contributed by atoms with E-state index in [1.807, 2.05) is 13.0 Å². The first-order chi connectivity index (χ1) is 34.4. The van der Waals surface area contributed by atoms with Crippen LogP contribution in [0.3, 0.4) is 0 Å². The number of aromatic nitrogens is 4. The standard InChI is InChI=1S/C26H22F3N3O2.C22H14BrF3N2O.C4H9NO.CH4S.Li.H/c1-16-11-21(32-7-9-34-10-8-32)15-22-23(16)30-24(31-25(22)33)19-12-18(17-5-3-2-4-6-17)13-20(14-19)26(27,28)29;1-12-7-17(23)11-18-19(12)27-20(28-21(18)29)15-8-14(13-5-3-2-4-6-13)9-16(10-15)22(24,25)26;1-3-6-4-2-5-1;1-2;;/h2-6,11-15H,7-10H2,1H3,(H,30,31,33);2-11H,1H3,(H,27,28,29);5H,1-4H2;2H,1H3;;/q;;;;+1;-1/i;;;1D;;. The van der Waals surface area contributed by atoms with Crippen LogP contribution in [0.25, 0.3) is 66.8 Å². The maximum absolute atomic E-state index is 13.7. The zero-order valence-corrected chi connectivity index (χ0v) is 42.0. The van der Waals surface area contributed by atoms with E-state index in [-0.39, 0.29) is 49.3 Å². The number of morpholine rings is 2. The monoisotopic (exact) mass is 1070 g/mol. The first-order valence-corrected chi connectivity index (χ1v) is 23.7. The molecule has 4 heterocycles. The van der Waals surface area contributed by atoms with E-state index in [9.17, 15) is 35.9 Å². The third kappa shape index (κ3) is 13.9. The van der Waals surface area contributed by atoms with Crippen molar-refractivity contribution in [2.24, 2.45) is 0 Å². The third-order valence-corrected chi connectivity index (χ3v) is 11.9. The second kappa shape index (κ2) is 24.8. The van der Waals surface area contributed by atoms with E-state index < -0.39 is 34.6 Å². The number of aromatic amines is 2. The van der Waals surface area contributed by atoms with E-state index in [0.29, 0.717) is 57.3 Å². The predicted molar refractivity (Wildman–Crippen MR) is 276 cm³/mol. The average Bonchev–Trinajstić information content (AvgIpc) is 3.38. The third-order valence-electron chi connectivity index (χ3n) is 11.5.